The average Bonchev–Trinajstić information content (AvgIpc) is 3.07. The molecular formula is C20H20FN3O3. The first-order valence-corrected chi connectivity index (χ1v) is 9.02. The lowest BCUT2D eigenvalue weighted by Crippen LogP contribution is -2.30. The van der Waals surface area contributed by atoms with Crippen molar-refractivity contribution in [2.45, 2.75) is 39.2 Å². The quantitative estimate of drug-likeness (QED) is 0.720. The first-order chi connectivity index (χ1) is 12.9. The number of nitrogens with one attached hydrogen (secondary N) is 1. The minimum absolute atomic E-state index is 0.173. The fourth-order valence-corrected chi connectivity index (χ4v) is 3.57. The molecule has 1 atom stereocenters. The number of fused-ring (bicyclic) bond motifs is 3. The van der Waals surface area contributed by atoms with Crippen LogP contribution in [0.25, 0.3) is 16.9 Å². The Morgan fingerprint density at radius 1 is 1.37 bits per heavy atom. The van der Waals surface area contributed by atoms with Crippen LogP contribution in [-0.4, -0.2) is 26.4 Å². The standard InChI is InChI=1S/C20H20FN3O3/c1-11(2)27-19(25)12-7-8-16-14(9-12)18-22-17(10-24(18)20(26)23-16)13-5-3-4-6-15(13)21/h3-6,10-12H,7-9H2,1-2H3,(H,23,26). The molecule has 0 bridgehead atoms. The zero-order valence-corrected chi connectivity index (χ0v) is 15.2. The molecule has 0 aliphatic heterocycles. The molecule has 7 heteroatoms. The molecule has 0 saturated heterocycles. The molecule has 140 valence electrons. The lowest BCUT2D eigenvalue weighted by molar-refractivity contribution is -0.152. The normalized spacial score (nSPS) is 16.5. The van der Waals surface area contributed by atoms with Gasteiger partial charge in [0.25, 0.3) is 0 Å². The van der Waals surface area contributed by atoms with Crippen molar-refractivity contribution in [1.29, 1.82) is 0 Å². The number of esters is 1. The van der Waals surface area contributed by atoms with Crippen molar-refractivity contribution in [3.05, 3.63) is 58.0 Å². The fraction of sp³-hybridized carbons (Fsp3) is 0.350. The number of rotatable bonds is 3. The third kappa shape index (κ3) is 3.13. The van der Waals surface area contributed by atoms with E-state index < -0.39 is 5.82 Å². The molecule has 2 aromatic heterocycles. The van der Waals surface area contributed by atoms with Crippen molar-refractivity contribution in [1.82, 2.24) is 14.4 Å². The number of H-pyrrole nitrogens is 1. The zero-order valence-electron chi connectivity index (χ0n) is 15.2. The number of halogens is 1. The Labute approximate surface area is 155 Å². The molecule has 0 radical (unpaired) electrons. The second-order valence-corrected chi connectivity index (χ2v) is 7.11. The Balaban J connectivity index is 1.79. The van der Waals surface area contributed by atoms with Gasteiger partial charge in [-0.2, -0.15) is 0 Å². The number of aromatic amines is 1. The number of ether oxygens (including phenoxy) is 1. The summed E-state index contributed by atoms with van der Waals surface area (Å²) in [5.74, 6) is -0.909. The Bertz CT molecular complexity index is 1080. The Morgan fingerprint density at radius 3 is 2.89 bits per heavy atom. The molecule has 0 spiro atoms. The number of benzene rings is 1. The van der Waals surface area contributed by atoms with E-state index in [1.54, 1.807) is 18.2 Å². The first-order valence-electron chi connectivity index (χ1n) is 9.02. The maximum absolute atomic E-state index is 14.1. The van der Waals surface area contributed by atoms with Crippen LogP contribution in [0.4, 0.5) is 4.39 Å². The largest absolute Gasteiger partial charge is 0.463 e. The molecule has 0 fully saturated rings. The molecule has 1 aliphatic rings. The molecular weight excluding hydrogens is 349 g/mol. The maximum atomic E-state index is 14.1. The molecule has 1 aliphatic carbocycles. The van der Waals surface area contributed by atoms with Crippen LogP contribution < -0.4 is 5.69 Å². The smallest absolute Gasteiger partial charge is 0.331 e. The van der Waals surface area contributed by atoms with Crippen molar-refractivity contribution >= 4 is 11.6 Å². The summed E-state index contributed by atoms with van der Waals surface area (Å²) in [5, 5.41) is 0. The van der Waals surface area contributed by atoms with Crippen LogP contribution in [0.1, 0.15) is 31.5 Å². The van der Waals surface area contributed by atoms with Gasteiger partial charge in [0.05, 0.1) is 17.7 Å². The van der Waals surface area contributed by atoms with E-state index in [1.165, 1.54) is 16.7 Å². The number of carbonyl (C=O) groups excluding carboxylic acids is 1. The summed E-state index contributed by atoms with van der Waals surface area (Å²) < 4.78 is 20.9. The van der Waals surface area contributed by atoms with Gasteiger partial charge < -0.3 is 9.72 Å². The third-order valence-corrected chi connectivity index (χ3v) is 4.85. The summed E-state index contributed by atoms with van der Waals surface area (Å²) in [6.07, 6.45) is 2.98. The second-order valence-electron chi connectivity index (χ2n) is 7.11. The summed E-state index contributed by atoms with van der Waals surface area (Å²) in [6.45, 7) is 3.64. The van der Waals surface area contributed by atoms with Gasteiger partial charge in [0.2, 0.25) is 0 Å². The predicted octanol–water partition coefficient (Wildman–Crippen LogP) is 2.89. The van der Waals surface area contributed by atoms with Gasteiger partial charge in [0.15, 0.2) is 0 Å². The number of aryl methyl sites for hydroxylation is 1. The molecule has 1 aromatic carbocycles. The van der Waals surface area contributed by atoms with E-state index in [0.29, 0.717) is 36.2 Å². The number of hydrogen-bond acceptors (Lipinski definition) is 4. The lowest BCUT2D eigenvalue weighted by Gasteiger charge is -2.24. The van der Waals surface area contributed by atoms with Gasteiger partial charge in [0, 0.05) is 23.0 Å². The maximum Gasteiger partial charge on any atom is 0.331 e. The van der Waals surface area contributed by atoms with Crippen LogP contribution in [0.5, 0.6) is 0 Å². The van der Waals surface area contributed by atoms with Crippen LogP contribution in [0.3, 0.4) is 0 Å². The Morgan fingerprint density at radius 2 is 2.15 bits per heavy atom. The highest BCUT2D eigenvalue weighted by Gasteiger charge is 2.29. The summed E-state index contributed by atoms with van der Waals surface area (Å²) in [6, 6.07) is 6.31. The summed E-state index contributed by atoms with van der Waals surface area (Å²) in [7, 11) is 0. The van der Waals surface area contributed by atoms with Crippen molar-refractivity contribution in [3.63, 3.8) is 0 Å². The Hall–Kier alpha value is -2.96. The van der Waals surface area contributed by atoms with Gasteiger partial charge in [-0.05, 0) is 45.2 Å². The summed E-state index contributed by atoms with van der Waals surface area (Å²) in [4.78, 5) is 32.1. The van der Waals surface area contributed by atoms with Crippen molar-refractivity contribution in [3.8, 4) is 11.3 Å². The van der Waals surface area contributed by atoms with Crippen LogP contribution in [0.15, 0.2) is 35.3 Å². The molecule has 0 amide bonds. The molecule has 27 heavy (non-hydrogen) atoms. The average molecular weight is 369 g/mol. The van der Waals surface area contributed by atoms with Crippen LogP contribution in [0, 0.1) is 11.7 Å². The van der Waals surface area contributed by atoms with Gasteiger partial charge in [0.1, 0.15) is 11.5 Å². The van der Waals surface area contributed by atoms with Crippen LogP contribution in [-0.2, 0) is 22.4 Å². The molecule has 1 unspecified atom stereocenters. The van der Waals surface area contributed by atoms with Crippen LogP contribution in [0.2, 0.25) is 0 Å². The highest BCUT2D eigenvalue weighted by atomic mass is 19.1. The summed E-state index contributed by atoms with van der Waals surface area (Å²) >= 11 is 0. The molecule has 0 saturated carbocycles. The topological polar surface area (TPSA) is 76.5 Å². The van der Waals surface area contributed by atoms with Gasteiger partial charge in [-0.25, -0.2) is 14.2 Å². The van der Waals surface area contributed by atoms with E-state index >= 15 is 0 Å². The monoisotopic (exact) mass is 369 g/mol. The molecule has 1 N–H and O–H groups in total. The van der Waals surface area contributed by atoms with E-state index in [4.69, 9.17) is 4.74 Å². The summed E-state index contributed by atoms with van der Waals surface area (Å²) in [5.41, 5.74) is 2.47. The van der Waals surface area contributed by atoms with Crippen molar-refractivity contribution in [2.75, 3.05) is 0 Å². The van der Waals surface area contributed by atoms with Gasteiger partial charge >= 0.3 is 11.7 Å². The van der Waals surface area contributed by atoms with Gasteiger partial charge in [-0.15, -0.1) is 0 Å². The molecule has 4 rings (SSSR count). The van der Waals surface area contributed by atoms with E-state index in [-0.39, 0.29) is 23.7 Å². The first kappa shape index (κ1) is 17.5. The number of aromatic nitrogens is 3. The second kappa shape index (κ2) is 6.64. The van der Waals surface area contributed by atoms with E-state index in [1.807, 2.05) is 13.8 Å². The highest BCUT2D eigenvalue weighted by molar-refractivity contribution is 5.74. The molecule has 2 heterocycles. The highest BCUT2D eigenvalue weighted by Crippen LogP contribution is 2.29. The molecule has 6 nitrogen and oxygen atoms in total. The number of carbonyl (C=O) groups is 1. The SMILES string of the molecule is CC(C)OC(=O)C1CCc2[nH]c(=O)n3cc(-c4ccccc4F)nc3c2C1. The van der Waals surface area contributed by atoms with E-state index in [0.717, 1.165) is 11.3 Å². The van der Waals surface area contributed by atoms with Crippen molar-refractivity contribution < 1.29 is 13.9 Å². The molecule has 3 aromatic rings. The van der Waals surface area contributed by atoms with E-state index in [9.17, 15) is 14.0 Å². The van der Waals surface area contributed by atoms with Gasteiger partial charge in [-0.1, -0.05) is 12.1 Å². The van der Waals surface area contributed by atoms with Crippen LogP contribution >= 0.6 is 0 Å². The number of nitrogens with zero attached hydrogens (tertiary/aromatic N) is 2. The van der Waals surface area contributed by atoms with E-state index in [2.05, 4.69) is 9.97 Å². The number of hydrogen-bond donors (Lipinski definition) is 1. The fourth-order valence-electron chi connectivity index (χ4n) is 3.57. The van der Waals surface area contributed by atoms with Gasteiger partial charge in [-0.3, -0.25) is 9.20 Å². The van der Waals surface area contributed by atoms with Crippen molar-refractivity contribution in [2.24, 2.45) is 5.92 Å². The third-order valence-electron chi connectivity index (χ3n) is 4.85. The minimum Gasteiger partial charge on any atom is -0.463 e. The number of imidazole rings is 1. The zero-order chi connectivity index (χ0) is 19.1. The lowest BCUT2D eigenvalue weighted by atomic mass is 9.87. The minimum atomic E-state index is -0.399. The Kier molecular flexibility index (Phi) is 4.30. The predicted molar refractivity (Wildman–Crippen MR) is 97.9 cm³/mol.